The maximum absolute atomic E-state index is 10.7. The first kappa shape index (κ1) is 14.8. The molecule has 1 aliphatic carbocycles. The zero-order chi connectivity index (χ0) is 13.7. The predicted octanol–water partition coefficient (Wildman–Crippen LogP) is 2.09. The molecule has 0 radical (unpaired) electrons. The van der Waals surface area contributed by atoms with E-state index in [2.05, 4.69) is 17.1 Å². The third kappa shape index (κ3) is 5.11. The summed E-state index contributed by atoms with van der Waals surface area (Å²) >= 11 is 0. The summed E-state index contributed by atoms with van der Waals surface area (Å²) < 4.78 is 0. The van der Waals surface area contributed by atoms with E-state index >= 15 is 0 Å². The van der Waals surface area contributed by atoms with Crippen molar-refractivity contribution in [3.05, 3.63) is 0 Å². The van der Waals surface area contributed by atoms with E-state index in [1.54, 1.807) is 0 Å². The first-order valence-corrected chi connectivity index (χ1v) is 7.83. The van der Waals surface area contributed by atoms with Gasteiger partial charge >= 0.3 is 5.97 Å². The zero-order valence-electron chi connectivity index (χ0n) is 12.1. The Morgan fingerprint density at radius 3 is 2.63 bits per heavy atom. The molecule has 4 heteroatoms. The molecule has 0 aromatic carbocycles. The Labute approximate surface area is 116 Å². The molecule has 2 unspecified atom stereocenters. The summed E-state index contributed by atoms with van der Waals surface area (Å²) in [6.07, 6.45) is 8.26. The van der Waals surface area contributed by atoms with Gasteiger partial charge in [0.05, 0.1) is 6.42 Å². The van der Waals surface area contributed by atoms with Gasteiger partial charge in [0.2, 0.25) is 0 Å². The number of likely N-dealkylation sites (tertiary alicyclic amines) is 1. The number of rotatable bonds is 5. The van der Waals surface area contributed by atoms with E-state index < -0.39 is 5.97 Å². The molecular formula is C15H28N2O2. The van der Waals surface area contributed by atoms with Crippen molar-refractivity contribution in [2.24, 2.45) is 5.92 Å². The number of carbonyl (C=O) groups is 1. The Morgan fingerprint density at radius 2 is 1.95 bits per heavy atom. The highest BCUT2D eigenvalue weighted by Crippen LogP contribution is 2.21. The third-order valence-electron chi connectivity index (χ3n) is 4.45. The van der Waals surface area contributed by atoms with E-state index in [0.717, 1.165) is 13.1 Å². The van der Waals surface area contributed by atoms with Gasteiger partial charge in [-0.05, 0) is 25.2 Å². The molecule has 1 aliphatic heterocycles. The van der Waals surface area contributed by atoms with E-state index in [1.807, 2.05) is 0 Å². The summed E-state index contributed by atoms with van der Waals surface area (Å²) in [6.45, 7) is 5.05. The smallest absolute Gasteiger partial charge is 0.304 e. The quantitative estimate of drug-likeness (QED) is 0.801. The molecule has 19 heavy (non-hydrogen) atoms. The number of aliphatic carboxylic acids is 1. The van der Waals surface area contributed by atoms with Crippen molar-refractivity contribution in [1.82, 2.24) is 10.2 Å². The van der Waals surface area contributed by atoms with Gasteiger partial charge in [-0.1, -0.05) is 26.2 Å². The maximum atomic E-state index is 10.7. The lowest BCUT2D eigenvalue weighted by Gasteiger charge is -2.39. The van der Waals surface area contributed by atoms with Gasteiger partial charge in [0.25, 0.3) is 0 Å². The fourth-order valence-electron chi connectivity index (χ4n) is 3.62. The normalized spacial score (nSPS) is 30.4. The monoisotopic (exact) mass is 268 g/mol. The molecule has 110 valence electrons. The molecule has 2 fully saturated rings. The fourth-order valence-corrected chi connectivity index (χ4v) is 3.62. The Bertz CT molecular complexity index is 290. The van der Waals surface area contributed by atoms with Gasteiger partial charge in [-0.2, -0.15) is 0 Å². The molecule has 0 aromatic rings. The van der Waals surface area contributed by atoms with Crippen LogP contribution in [0.4, 0.5) is 0 Å². The first-order valence-electron chi connectivity index (χ1n) is 7.83. The van der Waals surface area contributed by atoms with Gasteiger partial charge in [0.15, 0.2) is 0 Å². The van der Waals surface area contributed by atoms with E-state index in [9.17, 15) is 4.79 Å². The Balaban J connectivity index is 1.77. The van der Waals surface area contributed by atoms with Crippen LogP contribution in [0, 0.1) is 5.92 Å². The average molecular weight is 268 g/mol. The predicted molar refractivity (Wildman–Crippen MR) is 76.3 cm³/mol. The zero-order valence-corrected chi connectivity index (χ0v) is 12.1. The number of nitrogens with one attached hydrogen (secondary N) is 1. The molecule has 0 amide bonds. The van der Waals surface area contributed by atoms with Crippen molar-refractivity contribution in [2.75, 3.05) is 19.6 Å². The second-order valence-electron chi connectivity index (χ2n) is 6.44. The molecule has 0 spiro atoms. The van der Waals surface area contributed by atoms with Crippen LogP contribution >= 0.6 is 0 Å². The van der Waals surface area contributed by atoms with Crippen LogP contribution in [-0.2, 0) is 4.79 Å². The minimum absolute atomic E-state index is 0.267. The molecule has 1 saturated carbocycles. The van der Waals surface area contributed by atoms with Crippen molar-refractivity contribution in [1.29, 1.82) is 0 Å². The van der Waals surface area contributed by atoms with Gasteiger partial charge in [-0.15, -0.1) is 0 Å². The van der Waals surface area contributed by atoms with Gasteiger partial charge in [-0.3, -0.25) is 4.79 Å². The lowest BCUT2D eigenvalue weighted by atomic mass is 9.91. The molecule has 0 aromatic heterocycles. The SMILES string of the molecule is CC1CC(NC2CCCCC2)CN(CCC(=O)O)C1. The molecule has 2 rings (SSSR count). The maximum Gasteiger partial charge on any atom is 0.304 e. The summed E-state index contributed by atoms with van der Waals surface area (Å²) in [5.74, 6) is -0.0151. The van der Waals surface area contributed by atoms with Crippen LogP contribution in [0.1, 0.15) is 51.9 Å². The average Bonchev–Trinajstić information content (AvgIpc) is 2.37. The second-order valence-corrected chi connectivity index (χ2v) is 6.44. The summed E-state index contributed by atoms with van der Waals surface area (Å²) in [5.41, 5.74) is 0. The van der Waals surface area contributed by atoms with E-state index in [4.69, 9.17) is 5.11 Å². The highest BCUT2D eigenvalue weighted by Gasteiger charge is 2.26. The molecule has 2 atom stereocenters. The highest BCUT2D eigenvalue weighted by atomic mass is 16.4. The van der Waals surface area contributed by atoms with E-state index in [-0.39, 0.29) is 6.42 Å². The summed E-state index contributed by atoms with van der Waals surface area (Å²) in [7, 11) is 0. The van der Waals surface area contributed by atoms with Crippen LogP contribution in [0.2, 0.25) is 0 Å². The van der Waals surface area contributed by atoms with Gasteiger partial charge in [0, 0.05) is 31.7 Å². The Morgan fingerprint density at radius 1 is 1.21 bits per heavy atom. The minimum Gasteiger partial charge on any atom is -0.481 e. The largest absolute Gasteiger partial charge is 0.481 e. The van der Waals surface area contributed by atoms with Crippen molar-refractivity contribution in [2.45, 2.75) is 64.0 Å². The van der Waals surface area contributed by atoms with Crippen LogP contribution in [0.15, 0.2) is 0 Å². The number of carboxylic acid groups (broad SMARTS) is 1. The van der Waals surface area contributed by atoms with Crippen LogP contribution in [0.5, 0.6) is 0 Å². The molecule has 1 saturated heterocycles. The van der Waals surface area contributed by atoms with Crippen LogP contribution in [0.25, 0.3) is 0 Å². The van der Waals surface area contributed by atoms with Gasteiger partial charge < -0.3 is 15.3 Å². The van der Waals surface area contributed by atoms with E-state index in [1.165, 1.54) is 38.5 Å². The van der Waals surface area contributed by atoms with Gasteiger partial charge in [0.1, 0.15) is 0 Å². The molecular weight excluding hydrogens is 240 g/mol. The molecule has 2 N–H and O–H groups in total. The fraction of sp³-hybridized carbons (Fsp3) is 0.933. The Hall–Kier alpha value is -0.610. The molecule has 1 heterocycles. The summed E-state index contributed by atoms with van der Waals surface area (Å²) in [5, 5.41) is 12.6. The van der Waals surface area contributed by atoms with Crippen molar-refractivity contribution >= 4 is 5.97 Å². The molecule has 4 nitrogen and oxygen atoms in total. The van der Waals surface area contributed by atoms with Crippen LogP contribution < -0.4 is 5.32 Å². The number of hydrogen-bond acceptors (Lipinski definition) is 3. The number of hydrogen-bond donors (Lipinski definition) is 2. The number of carboxylic acids is 1. The van der Waals surface area contributed by atoms with Crippen molar-refractivity contribution in [3.63, 3.8) is 0 Å². The molecule has 0 bridgehead atoms. The first-order chi connectivity index (χ1) is 9.13. The summed E-state index contributed by atoms with van der Waals surface area (Å²) in [6, 6.07) is 1.26. The minimum atomic E-state index is -0.685. The second kappa shape index (κ2) is 7.25. The van der Waals surface area contributed by atoms with Crippen molar-refractivity contribution < 1.29 is 9.90 Å². The molecule has 2 aliphatic rings. The third-order valence-corrected chi connectivity index (χ3v) is 4.45. The summed E-state index contributed by atoms with van der Waals surface area (Å²) in [4.78, 5) is 13.0. The topological polar surface area (TPSA) is 52.6 Å². The van der Waals surface area contributed by atoms with Crippen LogP contribution in [0.3, 0.4) is 0 Å². The van der Waals surface area contributed by atoms with Gasteiger partial charge in [-0.25, -0.2) is 0 Å². The lowest BCUT2D eigenvalue weighted by molar-refractivity contribution is -0.137. The highest BCUT2D eigenvalue weighted by molar-refractivity contribution is 5.66. The lowest BCUT2D eigenvalue weighted by Crippen LogP contribution is -2.52. The standard InChI is InChI=1S/C15H28N2O2/c1-12-9-14(16-13-5-3-2-4-6-13)11-17(10-12)8-7-15(18)19/h12-14,16H,2-11H2,1H3,(H,18,19). The number of piperidine rings is 1. The van der Waals surface area contributed by atoms with E-state index in [0.29, 0.717) is 24.5 Å². The van der Waals surface area contributed by atoms with Crippen LogP contribution in [-0.4, -0.2) is 47.7 Å². The number of nitrogens with zero attached hydrogens (tertiary/aromatic N) is 1. The Kier molecular flexibility index (Phi) is 5.64. The van der Waals surface area contributed by atoms with Crippen molar-refractivity contribution in [3.8, 4) is 0 Å².